The van der Waals surface area contributed by atoms with E-state index in [0.717, 1.165) is 19.5 Å². The Hall–Kier alpha value is -1.29. The van der Waals surface area contributed by atoms with Crippen LogP contribution in [-0.2, 0) is 10.0 Å². The number of hydrazine groups is 1. The molecule has 0 saturated carbocycles. The van der Waals surface area contributed by atoms with Gasteiger partial charge in [0, 0.05) is 19.1 Å². The van der Waals surface area contributed by atoms with E-state index in [1.54, 1.807) is 0 Å². The summed E-state index contributed by atoms with van der Waals surface area (Å²) < 4.78 is 26.6. The molecule has 1 aliphatic rings. The number of nitrogens with two attached hydrogens (primary N) is 1. The minimum Gasteiger partial charge on any atom is -0.300 e. The van der Waals surface area contributed by atoms with Crippen molar-refractivity contribution in [1.29, 1.82) is 0 Å². The minimum absolute atomic E-state index is 0.0988. The first-order chi connectivity index (χ1) is 10.0. The molecule has 0 radical (unpaired) electrons. The van der Waals surface area contributed by atoms with E-state index in [1.807, 2.05) is 0 Å². The highest BCUT2D eigenvalue weighted by Gasteiger charge is 2.34. The molecule has 1 aromatic rings. The Labute approximate surface area is 125 Å². The van der Waals surface area contributed by atoms with Gasteiger partial charge in [0.1, 0.15) is 4.90 Å². The number of anilines is 1. The lowest BCUT2D eigenvalue weighted by Crippen LogP contribution is -2.38. The summed E-state index contributed by atoms with van der Waals surface area (Å²) >= 11 is 0. The molecule has 9 heteroatoms. The van der Waals surface area contributed by atoms with Crippen molar-refractivity contribution in [2.45, 2.75) is 31.2 Å². The SMILES string of the molecule is CCN(CC)C1CCN(S(=O)(=O)c2cnc(NN)nc2)C1. The van der Waals surface area contributed by atoms with E-state index in [2.05, 4.69) is 34.1 Å². The van der Waals surface area contributed by atoms with Crippen LogP contribution in [0.4, 0.5) is 5.95 Å². The van der Waals surface area contributed by atoms with Gasteiger partial charge in [-0.3, -0.25) is 10.3 Å². The first-order valence-electron chi connectivity index (χ1n) is 7.05. The van der Waals surface area contributed by atoms with Crippen LogP contribution in [0.5, 0.6) is 0 Å². The second-order valence-corrected chi connectivity index (χ2v) is 6.85. The van der Waals surface area contributed by atoms with Gasteiger partial charge in [0.25, 0.3) is 0 Å². The fourth-order valence-electron chi connectivity index (χ4n) is 2.64. The molecule has 1 unspecified atom stereocenters. The maximum absolute atomic E-state index is 12.6. The fourth-order valence-corrected chi connectivity index (χ4v) is 4.02. The van der Waals surface area contributed by atoms with E-state index in [4.69, 9.17) is 5.84 Å². The van der Waals surface area contributed by atoms with E-state index in [1.165, 1.54) is 16.7 Å². The van der Waals surface area contributed by atoms with Crippen LogP contribution >= 0.6 is 0 Å². The average molecular weight is 314 g/mol. The molecule has 0 aliphatic carbocycles. The van der Waals surface area contributed by atoms with Gasteiger partial charge in [-0.05, 0) is 19.5 Å². The van der Waals surface area contributed by atoms with Gasteiger partial charge in [-0.2, -0.15) is 4.31 Å². The smallest absolute Gasteiger partial charge is 0.246 e. The average Bonchev–Trinajstić information content (AvgIpc) is 2.99. The van der Waals surface area contributed by atoms with Crippen LogP contribution in [0.3, 0.4) is 0 Å². The highest BCUT2D eigenvalue weighted by atomic mass is 32.2. The number of aromatic nitrogens is 2. The zero-order valence-corrected chi connectivity index (χ0v) is 13.2. The zero-order valence-electron chi connectivity index (χ0n) is 12.4. The van der Waals surface area contributed by atoms with Crippen LogP contribution in [0, 0.1) is 0 Å². The third kappa shape index (κ3) is 3.31. The molecule has 1 aromatic heterocycles. The van der Waals surface area contributed by atoms with Gasteiger partial charge < -0.3 is 0 Å². The van der Waals surface area contributed by atoms with Gasteiger partial charge in [-0.15, -0.1) is 0 Å². The molecule has 3 N–H and O–H groups in total. The van der Waals surface area contributed by atoms with Crippen LogP contribution in [0.2, 0.25) is 0 Å². The summed E-state index contributed by atoms with van der Waals surface area (Å²) in [7, 11) is -3.53. The molecule has 118 valence electrons. The molecule has 2 rings (SSSR count). The first kappa shape index (κ1) is 16.1. The normalized spacial score (nSPS) is 20.1. The highest BCUT2D eigenvalue weighted by Crippen LogP contribution is 2.23. The molecule has 8 nitrogen and oxygen atoms in total. The molecular weight excluding hydrogens is 292 g/mol. The molecule has 1 saturated heterocycles. The predicted octanol–water partition coefficient (Wildman–Crippen LogP) is -0.133. The van der Waals surface area contributed by atoms with Crippen LogP contribution in [0.1, 0.15) is 20.3 Å². The third-order valence-corrected chi connectivity index (χ3v) is 5.67. The lowest BCUT2D eigenvalue weighted by atomic mass is 10.2. The Morgan fingerprint density at radius 3 is 2.52 bits per heavy atom. The number of nitrogens with zero attached hydrogens (tertiary/aromatic N) is 4. The van der Waals surface area contributed by atoms with Crippen LogP contribution < -0.4 is 11.3 Å². The van der Waals surface area contributed by atoms with Crippen molar-refractivity contribution in [2.75, 3.05) is 31.6 Å². The lowest BCUT2D eigenvalue weighted by molar-refractivity contribution is 0.224. The Kier molecular flexibility index (Phi) is 5.09. The van der Waals surface area contributed by atoms with Crippen molar-refractivity contribution in [3.63, 3.8) is 0 Å². The van der Waals surface area contributed by atoms with Gasteiger partial charge in [0.2, 0.25) is 16.0 Å². The topological polar surface area (TPSA) is 104 Å². The summed E-state index contributed by atoms with van der Waals surface area (Å²) in [5.41, 5.74) is 2.28. The number of rotatable bonds is 6. The molecule has 0 aromatic carbocycles. The molecule has 0 spiro atoms. The molecule has 21 heavy (non-hydrogen) atoms. The van der Waals surface area contributed by atoms with Gasteiger partial charge >= 0.3 is 0 Å². The monoisotopic (exact) mass is 314 g/mol. The Bertz CT molecular complexity index is 558. The van der Waals surface area contributed by atoms with Crippen LogP contribution in [-0.4, -0.2) is 59.8 Å². The lowest BCUT2D eigenvalue weighted by Gasteiger charge is -2.26. The maximum atomic E-state index is 12.6. The quantitative estimate of drug-likeness (QED) is 0.556. The largest absolute Gasteiger partial charge is 0.300 e. The van der Waals surface area contributed by atoms with Gasteiger partial charge in [-0.25, -0.2) is 24.2 Å². The molecule has 1 atom stereocenters. The number of nitrogens with one attached hydrogen (secondary N) is 1. The van der Waals surface area contributed by atoms with E-state index in [9.17, 15) is 8.42 Å². The van der Waals surface area contributed by atoms with Crippen molar-refractivity contribution in [2.24, 2.45) is 5.84 Å². The second kappa shape index (κ2) is 6.65. The third-order valence-electron chi connectivity index (χ3n) is 3.85. The second-order valence-electron chi connectivity index (χ2n) is 4.91. The Morgan fingerprint density at radius 2 is 2.00 bits per heavy atom. The molecule has 0 amide bonds. The van der Waals surface area contributed by atoms with E-state index >= 15 is 0 Å². The highest BCUT2D eigenvalue weighted by molar-refractivity contribution is 7.89. The summed E-state index contributed by atoms with van der Waals surface area (Å²) in [5.74, 6) is 5.36. The molecule has 0 bridgehead atoms. The van der Waals surface area contributed by atoms with Gasteiger partial charge in [-0.1, -0.05) is 13.8 Å². The van der Waals surface area contributed by atoms with Crippen molar-refractivity contribution < 1.29 is 8.42 Å². The predicted molar refractivity (Wildman–Crippen MR) is 79.9 cm³/mol. The van der Waals surface area contributed by atoms with E-state index in [0.29, 0.717) is 13.1 Å². The summed E-state index contributed by atoms with van der Waals surface area (Å²) in [5, 5.41) is 0. The van der Waals surface area contributed by atoms with Gasteiger partial charge in [0.15, 0.2) is 0 Å². The number of likely N-dealkylation sites (N-methyl/N-ethyl adjacent to an activating group) is 1. The molecule has 2 heterocycles. The van der Waals surface area contributed by atoms with Crippen molar-refractivity contribution in [3.8, 4) is 0 Å². The van der Waals surface area contributed by atoms with Crippen LogP contribution in [0.15, 0.2) is 17.3 Å². The standard InChI is InChI=1S/C12H22N6O2S/c1-3-17(4-2)10-5-6-18(9-10)21(19,20)11-7-14-12(16-13)15-8-11/h7-8,10H,3-6,9,13H2,1-2H3,(H,14,15,16). The molecular formula is C12H22N6O2S. The number of hydrogen-bond acceptors (Lipinski definition) is 7. The Balaban J connectivity index is 2.13. The first-order valence-corrected chi connectivity index (χ1v) is 8.49. The van der Waals surface area contributed by atoms with Crippen molar-refractivity contribution in [3.05, 3.63) is 12.4 Å². The molecule has 1 aliphatic heterocycles. The van der Waals surface area contributed by atoms with E-state index < -0.39 is 10.0 Å². The van der Waals surface area contributed by atoms with E-state index in [-0.39, 0.29) is 16.9 Å². The van der Waals surface area contributed by atoms with Crippen LogP contribution in [0.25, 0.3) is 0 Å². The summed E-state index contributed by atoms with van der Waals surface area (Å²) in [4.78, 5) is 10.1. The summed E-state index contributed by atoms with van der Waals surface area (Å²) in [6, 6.07) is 0.278. The fraction of sp³-hybridized carbons (Fsp3) is 0.667. The number of hydrogen-bond donors (Lipinski definition) is 2. The van der Waals surface area contributed by atoms with Crippen molar-refractivity contribution >= 4 is 16.0 Å². The Morgan fingerprint density at radius 1 is 1.38 bits per heavy atom. The number of nitrogen functional groups attached to an aromatic ring is 1. The number of sulfonamides is 1. The van der Waals surface area contributed by atoms with Gasteiger partial charge in [0.05, 0.1) is 12.4 Å². The summed E-state index contributed by atoms with van der Waals surface area (Å²) in [6.45, 7) is 7.07. The maximum Gasteiger partial charge on any atom is 0.246 e. The summed E-state index contributed by atoms with van der Waals surface area (Å²) in [6.07, 6.45) is 3.41. The van der Waals surface area contributed by atoms with Crippen molar-refractivity contribution in [1.82, 2.24) is 19.2 Å². The molecule has 1 fully saturated rings. The zero-order chi connectivity index (χ0) is 15.5. The minimum atomic E-state index is -3.53.